The van der Waals surface area contributed by atoms with Gasteiger partial charge in [-0.05, 0) is 13.3 Å². The molecule has 23 heavy (non-hydrogen) atoms. The summed E-state index contributed by atoms with van der Waals surface area (Å²) in [6.07, 6.45) is 1.63. The van der Waals surface area contributed by atoms with Crippen molar-refractivity contribution in [2.45, 2.75) is 31.5 Å². The van der Waals surface area contributed by atoms with Crippen LogP contribution in [0.1, 0.15) is 25.3 Å². The molecule has 3 atom stereocenters. The Morgan fingerprint density at radius 2 is 2.17 bits per heavy atom. The van der Waals surface area contributed by atoms with E-state index in [9.17, 15) is 9.90 Å². The first-order valence-electron chi connectivity index (χ1n) is 7.36. The quantitative estimate of drug-likeness (QED) is 0.790. The zero-order valence-corrected chi connectivity index (χ0v) is 13.5. The van der Waals surface area contributed by atoms with Crippen LogP contribution in [0.2, 0.25) is 0 Å². The Kier molecular flexibility index (Phi) is 5.76. The summed E-state index contributed by atoms with van der Waals surface area (Å²) in [5.41, 5.74) is 0.945. The number of nitrogens with one attached hydrogen (secondary N) is 2. The lowest BCUT2D eigenvalue weighted by Crippen LogP contribution is -2.41. The Bertz CT molecular complexity index is 647. The van der Waals surface area contributed by atoms with E-state index in [-0.39, 0.29) is 30.4 Å². The highest BCUT2D eigenvalue weighted by Gasteiger charge is 2.29. The zero-order chi connectivity index (χ0) is 15.5. The molecule has 6 nitrogen and oxygen atoms in total. The number of oxazole rings is 1. The number of hydrogen-bond donors (Lipinski definition) is 3. The Balaban J connectivity index is 0.00000192. The van der Waals surface area contributed by atoms with Crippen LogP contribution in [0.3, 0.4) is 0 Å². The minimum Gasteiger partial charge on any atom is -0.438 e. The van der Waals surface area contributed by atoms with Crippen molar-refractivity contribution in [3.05, 3.63) is 42.4 Å². The monoisotopic (exact) mass is 337 g/mol. The summed E-state index contributed by atoms with van der Waals surface area (Å²) < 4.78 is 5.72. The van der Waals surface area contributed by atoms with Crippen molar-refractivity contribution < 1.29 is 14.3 Å². The molecule has 2 heterocycles. The van der Waals surface area contributed by atoms with Gasteiger partial charge in [0, 0.05) is 12.1 Å². The molecule has 1 saturated heterocycles. The molecule has 7 heteroatoms. The number of aliphatic hydroxyl groups is 1. The summed E-state index contributed by atoms with van der Waals surface area (Å²) in [5.74, 6) is 0.986. The molecule has 0 radical (unpaired) electrons. The van der Waals surface area contributed by atoms with Crippen LogP contribution in [0.5, 0.6) is 0 Å². The number of amides is 1. The number of rotatable bonds is 4. The molecule has 1 aromatic heterocycles. The normalized spacial score (nSPS) is 21.5. The van der Waals surface area contributed by atoms with Gasteiger partial charge < -0.3 is 20.2 Å². The number of benzene rings is 1. The molecule has 1 fully saturated rings. The summed E-state index contributed by atoms with van der Waals surface area (Å²) in [6.45, 7) is 2.27. The average molecular weight is 338 g/mol. The third-order valence-electron chi connectivity index (χ3n) is 3.74. The van der Waals surface area contributed by atoms with Gasteiger partial charge in [0.2, 0.25) is 11.8 Å². The third-order valence-corrected chi connectivity index (χ3v) is 3.74. The molecule has 2 aromatic rings. The maximum absolute atomic E-state index is 12.1. The van der Waals surface area contributed by atoms with Crippen LogP contribution >= 0.6 is 12.4 Å². The van der Waals surface area contributed by atoms with E-state index in [0.717, 1.165) is 5.56 Å². The second kappa shape index (κ2) is 7.59. The van der Waals surface area contributed by atoms with E-state index in [2.05, 4.69) is 15.6 Å². The summed E-state index contributed by atoms with van der Waals surface area (Å²) in [4.78, 5) is 16.3. The van der Waals surface area contributed by atoms with Crippen molar-refractivity contribution in [3.8, 4) is 11.3 Å². The first kappa shape index (κ1) is 17.5. The van der Waals surface area contributed by atoms with Gasteiger partial charge in [-0.25, -0.2) is 4.98 Å². The summed E-state index contributed by atoms with van der Waals surface area (Å²) in [7, 11) is 0. The molecule has 3 rings (SSSR count). The van der Waals surface area contributed by atoms with Crippen LogP contribution in [0.4, 0.5) is 0 Å². The maximum Gasteiger partial charge on any atom is 0.237 e. The van der Waals surface area contributed by atoms with Crippen LogP contribution in [0, 0.1) is 0 Å². The third kappa shape index (κ3) is 4.10. The lowest BCUT2D eigenvalue weighted by molar-refractivity contribution is -0.123. The number of β-amino-alcohol motifs (C(OH)–C–C–N with tert-alkyl or cyclic N) is 1. The number of aromatic nitrogens is 1. The smallest absolute Gasteiger partial charge is 0.237 e. The average Bonchev–Trinajstić information content (AvgIpc) is 3.17. The van der Waals surface area contributed by atoms with Gasteiger partial charge in [-0.1, -0.05) is 30.3 Å². The van der Waals surface area contributed by atoms with Gasteiger partial charge in [-0.2, -0.15) is 0 Å². The van der Waals surface area contributed by atoms with Crippen molar-refractivity contribution >= 4 is 18.3 Å². The van der Waals surface area contributed by atoms with Gasteiger partial charge in [0.15, 0.2) is 5.76 Å². The van der Waals surface area contributed by atoms with Gasteiger partial charge in [0.1, 0.15) is 6.04 Å². The number of nitrogens with zero attached hydrogens (tertiary/aromatic N) is 1. The zero-order valence-electron chi connectivity index (χ0n) is 12.7. The van der Waals surface area contributed by atoms with Crippen LogP contribution in [-0.2, 0) is 4.79 Å². The molecular formula is C16H20ClN3O3. The Hall–Kier alpha value is -1.89. The number of carbonyl (C=O) groups is 1. The van der Waals surface area contributed by atoms with Crippen LogP contribution in [0.15, 0.2) is 40.9 Å². The topological polar surface area (TPSA) is 87.4 Å². The predicted molar refractivity (Wildman–Crippen MR) is 88.2 cm³/mol. The van der Waals surface area contributed by atoms with Gasteiger partial charge in [0.05, 0.1) is 18.3 Å². The molecule has 0 spiro atoms. The van der Waals surface area contributed by atoms with Crippen molar-refractivity contribution in [2.24, 2.45) is 0 Å². The fourth-order valence-electron chi connectivity index (χ4n) is 2.52. The first-order chi connectivity index (χ1) is 10.6. The summed E-state index contributed by atoms with van der Waals surface area (Å²) >= 11 is 0. The van der Waals surface area contributed by atoms with Crippen LogP contribution < -0.4 is 10.6 Å². The fourth-order valence-corrected chi connectivity index (χ4v) is 2.52. The van der Waals surface area contributed by atoms with Gasteiger partial charge in [-0.15, -0.1) is 12.4 Å². The highest BCUT2D eigenvalue weighted by molar-refractivity contribution is 5.85. The first-order valence-corrected chi connectivity index (χ1v) is 7.36. The fraction of sp³-hybridized carbons (Fsp3) is 0.375. The molecule has 0 saturated carbocycles. The molecule has 3 unspecified atom stereocenters. The number of carbonyl (C=O) groups excluding carboxylic acids is 1. The number of hydrogen-bond acceptors (Lipinski definition) is 5. The van der Waals surface area contributed by atoms with E-state index < -0.39 is 6.10 Å². The molecule has 1 aliphatic rings. The lowest BCUT2D eigenvalue weighted by Gasteiger charge is -2.14. The Morgan fingerprint density at radius 1 is 1.43 bits per heavy atom. The van der Waals surface area contributed by atoms with E-state index in [1.165, 1.54) is 0 Å². The molecule has 0 aliphatic carbocycles. The second-order valence-corrected chi connectivity index (χ2v) is 5.51. The van der Waals surface area contributed by atoms with E-state index in [0.29, 0.717) is 24.6 Å². The standard InChI is InChI=1S/C16H19N3O3.ClH/c1-10(19-15(21)13-7-12(20)8-17-13)16-18-9-14(22-16)11-5-3-2-4-6-11;/h2-6,9-10,12-13,17,20H,7-8H2,1H3,(H,19,21);1H. The van der Waals surface area contributed by atoms with E-state index in [4.69, 9.17) is 4.42 Å². The van der Waals surface area contributed by atoms with E-state index in [1.807, 2.05) is 37.3 Å². The van der Waals surface area contributed by atoms with E-state index in [1.54, 1.807) is 6.20 Å². The van der Waals surface area contributed by atoms with Crippen LogP contribution in [0.25, 0.3) is 11.3 Å². The highest BCUT2D eigenvalue weighted by atomic mass is 35.5. The van der Waals surface area contributed by atoms with Crippen molar-refractivity contribution in [3.63, 3.8) is 0 Å². The molecule has 0 bridgehead atoms. The molecule has 124 valence electrons. The van der Waals surface area contributed by atoms with Crippen molar-refractivity contribution in [2.75, 3.05) is 6.54 Å². The SMILES string of the molecule is CC(NC(=O)C1CC(O)CN1)c1ncc(-c2ccccc2)o1.Cl. The van der Waals surface area contributed by atoms with Gasteiger partial charge in [-0.3, -0.25) is 4.79 Å². The second-order valence-electron chi connectivity index (χ2n) is 5.51. The highest BCUT2D eigenvalue weighted by Crippen LogP contribution is 2.22. The minimum atomic E-state index is -0.461. The summed E-state index contributed by atoms with van der Waals surface area (Å²) in [5, 5.41) is 15.3. The largest absolute Gasteiger partial charge is 0.438 e. The Morgan fingerprint density at radius 3 is 2.83 bits per heavy atom. The maximum atomic E-state index is 12.1. The van der Waals surface area contributed by atoms with Gasteiger partial charge >= 0.3 is 0 Å². The molecule has 3 N–H and O–H groups in total. The molecule has 1 aromatic carbocycles. The summed E-state index contributed by atoms with van der Waals surface area (Å²) in [6, 6.07) is 8.99. The van der Waals surface area contributed by atoms with Gasteiger partial charge in [0.25, 0.3) is 0 Å². The Labute approximate surface area is 140 Å². The number of aliphatic hydroxyl groups excluding tert-OH is 1. The molecule has 1 amide bonds. The molecular weight excluding hydrogens is 318 g/mol. The van der Waals surface area contributed by atoms with Crippen molar-refractivity contribution in [1.82, 2.24) is 15.6 Å². The molecule has 1 aliphatic heterocycles. The van der Waals surface area contributed by atoms with E-state index >= 15 is 0 Å². The minimum absolute atomic E-state index is 0. The van der Waals surface area contributed by atoms with Crippen molar-refractivity contribution in [1.29, 1.82) is 0 Å². The predicted octanol–water partition coefficient (Wildman–Crippen LogP) is 1.66. The lowest BCUT2D eigenvalue weighted by atomic mass is 10.2. The number of halogens is 1. The van der Waals surface area contributed by atoms with Crippen LogP contribution in [-0.4, -0.2) is 34.7 Å².